The first-order valence-corrected chi connectivity index (χ1v) is 9.16. The maximum atomic E-state index is 12.4. The fourth-order valence-corrected chi connectivity index (χ4v) is 2.94. The number of ether oxygens (including phenoxy) is 1. The zero-order valence-corrected chi connectivity index (χ0v) is 15.6. The smallest absolute Gasteiger partial charge is 0.262 e. The number of hydrogen-bond acceptors (Lipinski definition) is 5. The van der Waals surface area contributed by atoms with Gasteiger partial charge in [-0.2, -0.15) is 0 Å². The molecule has 0 aliphatic heterocycles. The van der Waals surface area contributed by atoms with Gasteiger partial charge in [0, 0.05) is 11.8 Å². The normalized spacial score (nSPS) is 10.5. The van der Waals surface area contributed by atoms with Gasteiger partial charge in [0.25, 0.3) is 5.91 Å². The highest BCUT2D eigenvalue weighted by Crippen LogP contribution is 2.20. The summed E-state index contributed by atoms with van der Waals surface area (Å²) in [5.41, 5.74) is 3.77. The SMILES string of the molecule is O=C(COc1cccc(-n2cnnn2)c1)Nc1ccccc1Cc1ccccc1. The number of tetrazole rings is 1. The average molecular weight is 385 g/mol. The summed E-state index contributed by atoms with van der Waals surface area (Å²) in [5, 5.41) is 14.0. The van der Waals surface area contributed by atoms with E-state index in [1.54, 1.807) is 12.1 Å². The van der Waals surface area contributed by atoms with Gasteiger partial charge in [0.1, 0.15) is 12.1 Å². The fraction of sp³-hybridized carbons (Fsp3) is 0.0909. The Kier molecular flexibility index (Phi) is 5.57. The standard InChI is InChI=1S/C22H19N5O2/c28-22(15-29-20-11-6-10-19(14-20)27-16-23-25-26-27)24-21-12-5-4-9-18(21)13-17-7-2-1-3-8-17/h1-12,14,16H,13,15H2,(H,24,28). The minimum Gasteiger partial charge on any atom is -0.484 e. The molecule has 0 bridgehead atoms. The Bertz CT molecular complexity index is 1080. The lowest BCUT2D eigenvalue weighted by molar-refractivity contribution is -0.118. The van der Waals surface area contributed by atoms with Crippen LogP contribution in [-0.2, 0) is 11.2 Å². The van der Waals surface area contributed by atoms with E-state index in [1.807, 2.05) is 54.6 Å². The third kappa shape index (κ3) is 4.84. The van der Waals surface area contributed by atoms with Gasteiger partial charge >= 0.3 is 0 Å². The second-order valence-corrected chi connectivity index (χ2v) is 6.41. The number of amides is 1. The van der Waals surface area contributed by atoms with Crippen LogP contribution in [0.25, 0.3) is 5.69 Å². The van der Waals surface area contributed by atoms with Crippen molar-refractivity contribution in [2.45, 2.75) is 6.42 Å². The number of rotatable bonds is 7. The number of hydrogen-bond donors (Lipinski definition) is 1. The van der Waals surface area contributed by atoms with Crippen molar-refractivity contribution < 1.29 is 9.53 Å². The Balaban J connectivity index is 1.39. The van der Waals surface area contributed by atoms with Crippen LogP contribution >= 0.6 is 0 Å². The van der Waals surface area contributed by atoms with Crippen LogP contribution < -0.4 is 10.1 Å². The van der Waals surface area contributed by atoms with E-state index in [0.717, 1.165) is 23.4 Å². The van der Waals surface area contributed by atoms with Gasteiger partial charge in [-0.05, 0) is 46.2 Å². The third-order valence-electron chi connectivity index (χ3n) is 4.33. The van der Waals surface area contributed by atoms with Crippen LogP contribution in [0.4, 0.5) is 5.69 Å². The summed E-state index contributed by atoms with van der Waals surface area (Å²) < 4.78 is 7.16. The molecule has 0 spiro atoms. The lowest BCUT2D eigenvalue weighted by Crippen LogP contribution is -2.21. The Hall–Kier alpha value is -4.00. The summed E-state index contributed by atoms with van der Waals surface area (Å²) in [6.07, 6.45) is 2.24. The number of nitrogens with one attached hydrogen (secondary N) is 1. The first-order valence-electron chi connectivity index (χ1n) is 9.16. The van der Waals surface area contributed by atoms with Crippen molar-refractivity contribution in [3.8, 4) is 11.4 Å². The number of aromatic nitrogens is 4. The van der Waals surface area contributed by atoms with E-state index in [4.69, 9.17) is 4.74 Å². The van der Waals surface area contributed by atoms with E-state index in [2.05, 4.69) is 33.0 Å². The van der Waals surface area contributed by atoms with Crippen molar-refractivity contribution in [1.82, 2.24) is 20.2 Å². The van der Waals surface area contributed by atoms with Gasteiger partial charge in [0.2, 0.25) is 0 Å². The van der Waals surface area contributed by atoms with Gasteiger partial charge in [0.15, 0.2) is 6.61 Å². The van der Waals surface area contributed by atoms with E-state index < -0.39 is 0 Å². The van der Waals surface area contributed by atoms with Crippen molar-refractivity contribution in [1.29, 1.82) is 0 Å². The van der Waals surface area contributed by atoms with Crippen molar-refractivity contribution in [3.63, 3.8) is 0 Å². The van der Waals surface area contributed by atoms with Crippen molar-refractivity contribution in [2.75, 3.05) is 11.9 Å². The van der Waals surface area contributed by atoms with E-state index in [0.29, 0.717) is 5.75 Å². The molecule has 0 saturated carbocycles. The third-order valence-corrected chi connectivity index (χ3v) is 4.33. The number of nitrogens with zero attached hydrogens (tertiary/aromatic N) is 4. The summed E-state index contributed by atoms with van der Waals surface area (Å²) >= 11 is 0. The van der Waals surface area contributed by atoms with Crippen LogP contribution in [-0.4, -0.2) is 32.7 Å². The molecule has 7 nitrogen and oxygen atoms in total. The number of para-hydroxylation sites is 1. The van der Waals surface area contributed by atoms with Crippen LogP contribution in [0.3, 0.4) is 0 Å². The molecular formula is C22H19N5O2. The predicted molar refractivity (Wildman–Crippen MR) is 109 cm³/mol. The Morgan fingerprint density at radius 1 is 0.966 bits per heavy atom. The van der Waals surface area contributed by atoms with Crippen molar-refractivity contribution in [2.24, 2.45) is 0 Å². The summed E-state index contributed by atoms with van der Waals surface area (Å²) in [6.45, 7) is -0.0985. The van der Waals surface area contributed by atoms with Crippen LogP contribution in [0.15, 0.2) is 85.2 Å². The molecule has 1 aromatic heterocycles. The molecule has 4 rings (SSSR count). The quantitative estimate of drug-likeness (QED) is 0.528. The second-order valence-electron chi connectivity index (χ2n) is 6.41. The molecular weight excluding hydrogens is 366 g/mol. The topological polar surface area (TPSA) is 81.9 Å². The maximum absolute atomic E-state index is 12.4. The highest BCUT2D eigenvalue weighted by atomic mass is 16.5. The highest BCUT2D eigenvalue weighted by Gasteiger charge is 2.09. The van der Waals surface area contributed by atoms with Crippen LogP contribution in [0, 0.1) is 0 Å². The highest BCUT2D eigenvalue weighted by molar-refractivity contribution is 5.92. The maximum Gasteiger partial charge on any atom is 0.262 e. The van der Waals surface area contributed by atoms with E-state index in [9.17, 15) is 4.79 Å². The Morgan fingerprint density at radius 2 is 1.79 bits per heavy atom. The van der Waals surface area contributed by atoms with Crippen LogP contribution in [0.2, 0.25) is 0 Å². The largest absolute Gasteiger partial charge is 0.484 e. The number of carbonyl (C=O) groups excluding carboxylic acids is 1. The molecule has 0 aliphatic carbocycles. The molecule has 3 aromatic carbocycles. The molecule has 0 unspecified atom stereocenters. The van der Waals surface area contributed by atoms with Gasteiger partial charge in [-0.25, -0.2) is 4.68 Å². The van der Waals surface area contributed by atoms with Crippen LogP contribution in [0.5, 0.6) is 5.75 Å². The zero-order valence-electron chi connectivity index (χ0n) is 15.6. The Morgan fingerprint density at radius 3 is 2.62 bits per heavy atom. The molecule has 1 heterocycles. The average Bonchev–Trinajstić information content (AvgIpc) is 3.30. The molecule has 7 heteroatoms. The summed E-state index contributed by atoms with van der Waals surface area (Å²) in [5.74, 6) is 0.337. The van der Waals surface area contributed by atoms with Gasteiger partial charge in [-0.3, -0.25) is 4.79 Å². The second kappa shape index (κ2) is 8.79. The molecule has 0 fully saturated rings. The molecule has 0 atom stereocenters. The molecule has 1 amide bonds. The fourth-order valence-electron chi connectivity index (χ4n) is 2.94. The van der Waals surface area contributed by atoms with Crippen molar-refractivity contribution >= 4 is 11.6 Å². The van der Waals surface area contributed by atoms with Gasteiger partial charge in [-0.15, -0.1) is 5.10 Å². The van der Waals surface area contributed by atoms with Gasteiger partial charge in [-0.1, -0.05) is 54.6 Å². The minimum absolute atomic E-state index is 0.0985. The molecule has 144 valence electrons. The lowest BCUT2D eigenvalue weighted by atomic mass is 10.0. The first kappa shape index (κ1) is 18.4. The number of anilines is 1. The van der Waals surface area contributed by atoms with Crippen molar-refractivity contribution in [3.05, 3.63) is 96.3 Å². The molecule has 0 aliphatic rings. The minimum atomic E-state index is -0.224. The van der Waals surface area contributed by atoms with E-state index >= 15 is 0 Å². The van der Waals surface area contributed by atoms with E-state index in [-0.39, 0.29) is 12.5 Å². The van der Waals surface area contributed by atoms with Gasteiger partial charge in [0.05, 0.1) is 5.69 Å². The molecule has 1 N–H and O–H groups in total. The number of benzene rings is 3. The predicted octanol–water partition coefficient (Wildman–Crippen LogP) is 3.27. The van der Waals surface area contributed by atoms with Crippen LogP contribution in [0.1, 0.15) is 11.1 Å². The monoisotopic (exact) mass is 385 g/mol. The zero-order chi connectivity index (χ0) is 19.9. The van der Waals surface area contributed by atoms with E-state index in [1.165, 1.54) is 16.6 Å². The molecule has 4 aromatic rings. The summed E-state index contributed by atoms with van der Waals surface area (Å²) in [4.78, 5) is 12.4. The summed E-state index contributed by atoms with van der Waals surface area (Å²) in [7, 11) is 0. The Labute approximate surface area is 168 Å². The molecule has 29 heavy (non-hydrogen) atoms. The number of carbonyl (C=O) groups is 1. The van der Waals surface area contributed by atoms with Gasteiger partial charge < -0.3 is 10.1 Å². The summed E-state index contributed by atoms with van der Waals surface area (Å²) in [6, 6.07) is 25.1. The molecule has 0 saturated heterocycles. The lowest BCUT2D eigenvalue weighted by Gasteiger charge is -2.12. The first-order chi connectivity index (χ1) is 14.3. The molecule has 0 radical (unpaired) electrons.